The molecule has 3 aromatic rings. The maximum Gasteiger partial charge on any atom is 1.00 e. The number of nitrogens with zero attached hydrogens (tertiary/aromatic N) is 1. The minimum Gasteiger partial charge on any atom is -0.790 e. The molecular formula is C39H51N4Na2O9P. The Morgan fingerprint density at radius 3 is 2.00 bits per heavy atom. The number of amides is 4. The first-order valence-corrected chi connectivity index (χ1v) is 19.4. The molecule has 16 heteroatoms. The van der Waals surface area contributed by atoms with Crippen molar-refractivity contribution in [1.82, 2.24) is 20.9 Å². The van der Waals surface area contributed by atoms with E-state index in [0.29, 0.717) is 31.7 Å². The van der Waals surface area contributed by atoms with E-state index in [0.717, 1.165) is 22.3 Å². The van der Waals surface area contributed by atoms with E-state index in [-0.39, 0.29) is 96.4 Å². The van der Waals surface area contributed by atoms with Gasteiger partial charge in [0.2, 0.25) is 5.91 Å². The minimum absolute atomic E-state index is 0. The van der Waals surface area contributed by atoms with Crippen molar-refractivity contribution in [3.63, 3.8) is 0 Å². The molecule has 0 saturated carbocycles. The molecule has 0 aliphatic carbocycles. The van der Waals surface area contributed by atoms with Crippen molar-refractivity contribution in [3.8, 4) is 5.75 Å². The molecule has 3 N–H and O–H groups in total. The number of benzene rings is 3. The van der Waals surface area contributed by atoms with Gasteiger partial charge in [0.15, 0.2) is 12.9 Å². The number of carbonyl (C=O) groups is 3. The molecule has 0 aromatic heterocycles. The van der Waals surface area contributed by atoms with Crippen molar-refractivity contribution in [1.29, 1.82) is 0 Å². The normalized spacial score (nSPS) is 15.6. The van der Waals surface area contributed by atoms with Gasteiger partial charge in [-0.1, -0.05) is 92.7 Å². The van der Waals surface area contributed by atoms with Crippen LogP contribution in [0.2, 0.25) is 0 Å². The third-order valence-corrected chi connectivity index (χ3v) is 9.59. The number of phosphoric ester groups is 1. The summed E-state index contributed by atoms with van der Waals surface area (Å²) < 4.78 is 28.5. The Morgan fingerprint density at radius 2 is 1.45 bits per heavy atom. The van der Waals surface area contributed by atoms with Crippen LogP contribution in [0.4, 0.5) is 4.79 Å². The standard InChI is InChI=1S/C39H53N4O9P.2Na/c1-26(2)36(43-21-13-20-40-39(43)46)38(45)41-32(22-30-16-8-6-9-17-30)24-34(51-29(5)52-53(47,48)49)33(23-31-18-10-7-11-19-31)42-35(44)25-50-37-27(3)14-12-15-28(37)4;;/h6-12,14-19,26,29,32-34,36H,13,20-25H2,1-5H3,(H,40,46)(H,41,45)(H,42,44)(H2,47,48,49);;/q;2*+1/p-2/t29?,32-,33?,34+,36+;;/m1../s1. The molecule has 2 unspecified atom stereocenters. The fourth-order valence-corrected chi connectivity index (χ4v) is 7.11. The number of hydrogen-bond acceptors (Lipinski definition) is 9. The van der Waals surface area contributed by atoms with Gasteiger partial charge in [0.25, 0.3) is 5.91 Å². The van der Waals surface area contributed by atoms with Crippen LogP contribution >= 0.6 is 7.82 Å². The van der Waals surface area contributed by atoms with Gasteiger partial charge in [-0.3, -0.25) is 9.59 Å². The molecular weight excluding hydrogens is 745 g/mol. The average molecular weight is 797 g/mol. The topological polar surface area (TPSA) is 181 Å². The van der Waals surface area contributed by atoms with Gasteiger partial charge in [-0.2, -0.15) is 0 Å². The molecule has 1 aliphatic heterocycles. The molecule has 1 fully saturated rings. The summed E-state index contributed by atoms with van der Waals surface area (Å²) in [7, 11) is -5.46. The Kier molecular flexibility index (Phi) is 21.2. The third-order valence-electron chi connectivity index (χ3n) is 9.03. The van der Waals surface area contributed by atoms with Crippen LogP contribution in [0, 0.1) is 19.8 Å². The molecule has 1 saturated heterocycles. The summed E-state index contributed by atoms with van der Waals surface area (Å²) in [4.78, 5) is 65.4. The van der Waals surface area contributed by atoms with E-state index in [1.165, 1.54) is 6.92 Å². The number of rotatable bonds is 19. The first-order valence-electron chi connectivity index (χ1n) is 18.0. The van der Waals surface area contributed by atoms with E-state index >= 15 is 0 Å². The second-order valence-electron chi connectivity index (χ2n) is 13.8. The summed E-state index contributed by atoms with van der Waals surface area (Å²) in [6, 6.07) is 21.9. The molecule has 0 spiro atoms. The van der Waals surface area contributed by atoms with Crippen LogP contribution < -0.4 is 89.6 Å². The molecule has 5 atom stereocenters. The van der Waals surface area contributed by atoms with E-state index in [1.54, 1.807) is 4.90 Å². The van der Waals surface area contributed by atoms with Crippen LogP contribution in [0.5, 0.6) is 5.75 Å². The van der Waals surface area contributed by atoms with Crippen LogP contribution in [-0.2, 0) is 36.3 Å². The van der Waals surface area contributed by atoms with Gasteiger partial charge in [0, 0.05) is 19.1 Å². The number of urea groups is 1. The predicted octanol–water partition coefficient (Wildman–Crippen LogP) is -2.45. The van der Waals surface area contributed by atoms with Gasteiger partial charge in [0.05, 0.1) is 20.0 Å². The van der Waals surface area contributed by atoms with Gasteiger partial charge in [-0.25, -0.2) is 4.79 Å². The van der Waals surface area contributed by atoms with Gasteiger partial charge in [0.1, 0.15) is 11.8 Å². The molecule has 0 bridgehead atoms. The Labute approximate surface area is 368 Å². The van der Waals surface area contributed by atoms with Gasteiger partial charge in [-0.05, 0) is 74.6 Å². The number of aryl methyl sites for hydroxylation is 2. The van der Waals surface area contributed by atoms with E-state index in [2.05, 4.69) is 16.0 Å². The third kappa shape index (κ3) is 16.3. The van der Waals surface area contributed by atoms with Crippen molar-refractivity contribution >= 4 is 25.7 Å². The Balaban J connectivity index is 0.00000523. The maximum atomic E-state index is 14.1. The summed E-state index contributed by atoms with van der Waals surface area (Å²) in [6.45, 7) is 9.44. The quantitative estimate of drug-likeness (QED) is 0.0675. The molecule has 288 valence electrons. The second-order valence-corrected chi connectivity index (χ2v) is 14.9. The first kappa shape index (κ1) is 48.9. The second kappa shape index (κ2) is 23.8. The number of para-hydroxylation sites is 1. The van der Waals surface area contributed by atoms with Crippen molar-refractivity contribution in [3.05, 3.63) is 101 Å². The van der Waals surface area contributed by atoms with Gasteiger partial charge in [-0.15, -0.1) is 0 Å². The van der Waals surface area contributed by atoms with Gasteiger partial charge < -0.3 is 49.2 Å². The van der Waals surface area contributed by atoms with Crippen LogP contribution in [0.15, 0.2) is 78.9 Å². The summed E-state index contributed by atoms with van der Waals surface area (Å²) in [5.41, 5.74) is 3.47. The smallest absolute Gasteiger partial charge is 0.790 e. The minimum atomic E-state index is -5.46. The molecule has 1 heterocycles. The number of hydrogen-bond donors (Lipinski definition) is 3. The van der Waals surface area contributed by atoms with Crippen LogP contribution in [0.3, 0.4) is 0 Å². The zero-order valence-corrected chi connectivity index (χ0v) is 37.9. The number of carbonyl (C=O) groups excluding carboxylic acids is 3. The summed E-state index contributed by atoms with van der Waals surface area (Å²) in [5.74, 6) is -0.461. The predicted molar refractivity (Wildman–Crippen MR) is 197 cm³/mol. The molecule has 13 nitrogen and oxygen atoms in total. The SMILES string of the molecule is Cc1cccc(C)c1OCC(=O)NC(Cc1ccccc1)[C@H](C[C@@H](Cc1ccccc1)NC(=O)[C@H](C(C)C)N1CCCNC1=O)OC(C)OP(=O)([O-])[O-].[Na+].[Na+]. The Bertz CT molecular complexity index is 1680. The van der Waals surface area contributed by atoms with E-state index < -0.39 is 44.2 Å². The zero-order chi connectivity index (χ0) is 38.5. The fraction of sp³-hybridized carbons (Fsp3) is 0.462. The molecule has 55 heavy (non-hydrogen) atoms. The fourth-order valence-electron chi connectivity index (χ4n) is 6.70. The van der Waals surface area contributed by atoms with E-state index in [9.17, 15) is 28.7 Å². The average Bonchev–Trinajstić information content (AvgIpc) is 3.08. The van der Waals surface area contributed by atoms with Crippen LogP contribution in [0.25, 0.3) is 0 Å². The molecule has 1 aliphatic rings. The van der Waals surface area contributed by atoms with Crippen molar-refractivity contribution < 1.29 is 102 Å². The molecule has 3 aromatic carbocycles. The Morgan fingerprint density at radius 1 is 0.873 bits per heavy atom. The van der Waals surface area contributed by atoms with Crippen molar-refractivity contribution in [2.75, 3.05) is 19.7 Å². The van der Waals surface area contributed by atoms with E-state index in [1.807, 2.05) is 107 Å². The molecule has 4 amide bonds. The Hall–Kier alpha value is -2.26. The number of phosphoric acid groups is 1. The monoisotopic (exact) mass is 796 g/mol. The van der Waals surface area contributed by atoms with Crippen LogP contribution in [-0.4, -0.2) is 73.0 Å². The summed E-state index contributed by atoms with van der Waals surface area (Å²) in [6.07, 6.45) is -1.18. The maximum absolute atomic E-state index is 14.1. The van der Waals surface area contributed by atoms with Crippen LogP contribution in [0.1, 0.15) is 55.9 Å². The zero-order valence-electron chi connectivity index (χ0n) is 33.0. The molecule has 4 rings (SSSR count). The van der Waals surface area contributed by atoms with Crippen molar-refractivity contribution in [2.45, 2.75) is 90.8 Å². The first-order chi connectivity index (χ1) is 25.2. The molecule has 0 radical (unpaired) electrons. The number of ether oxygens (including phenoxy) is 2. The summed E-state index contributed by atoms with van der Waals surface area (Å²) >= 11 is 0. The summed E-state index contributed by atoms with van der Waals surface area (Å²) in [5, 5.41) is 8.99. The number of nitrogens with one attached hydrogen (secondary N) is 3. The van der Waals surface area contributed by atoms with Gasteiger partial charge >= 0.3 is 65.1 Å². The van der Waals surface area contributed by atoms with Crippen molar-refractivity contribution in [2.24, 2.45) is 5.92 Å². The van der Waals surface area contributed by atoms with E-state index in [4.69, 9.17) is 14.0 Å². The largest absolute Gasteiger partial charge is 1.00 e.